The fraction of sp³-hybridized carbons (Fsp3) is 0.118. The lowest BCUT2D eigenvalue weighted by atomic mass is 10.00. The Morgan fingerprint density at radius 3 is 2.62 bits per heavy atom. The molecule has 3 aromatic rings. The number of benzene rings is 2. The number of halogens is 1. The summed E-state index contributed by atoms with van der Waals surface area (Å²) in [7, 11) is 1.59. The molecule has 0 saturated heterocycles. The van der Waals surface area contributed by atoms with Crippen molar-refractivity contribution in [2.75, 3.05) is 7.11 Å². The lowest BCUT2D eigenvalue weighted by Crippen LogP contribution is -2.07. The normalized spacial score (nSPS) is 10.8. The van der Waals surface area contributed by atoms with E-state index in [2.05, 4.69) is 22.6 Å². The summed E-state index contributed by atoms with van der Waals surface area (Å²) in [5.74, 6) is 0.673. The number of fused-ring (bicyclic) bond motifs is 1. The Balaban J connectivity index is 2.35. The zero-order valence-corrected chi connectivity index (χ0v) is 13.8. The van der Waals surface area contributed by atoms with Gasteiger partial charge in [-0.1, -0.05) is 18.2 Å². The smallest absolute Gasteiger partial charge is 0.344 e. The SMILES string of the molecule is COc1ccc2c(C)c(-c3ccccc3I)c(=O)oc2c1. The van der Waals surface area contributed by atoms with E-state index in [0.717, 1.165) is 20.1 Å². The average Bonchev–Trinajstić information content (AvgIpc) is 2.48. The first kappa shape index (κ1) is 14.1. The molecule has 0 saturated carbocycles. The van der Waals surface area contributed by atoms with Crippen LogP contribution in [-0.2, 0) is 0 Å². The fourth-order valence-corrected chi connectivity index (χ4v) is 3.10. The van der Waals surface area contributed by atoms with E-state index in [1.165, 1.54) is 0 Å². The van der Waals surface area contributed by atoms with Gasteiger partial charge in [-0.3, -0.25) is 0 Å². The molecule has 0 spiro atoms. The van der Waals surface area contributed by atoms with E-state index in [9.17, 15) is 4.79 Å². The number of hydrogen-bond acceptors (Lipinski definition) is 3. The second-order valence-corrected chi connectivity index (χ2v) is 5.89. The van der Waals surface area contributed by atoms with Crippen LogP contribution in [0, 0.1) is 10.5 Å². The summed E-state index contributed by atoms with van der Waals surface area (Å²) < 4.78 is 11.7. The Hall–Kier alpha value is -1.82. The second kappa shape index (κ2) is 5.52. The summed E-state index contributed by atoms with van der Waals surface area (Å²) in [6, 6.07) is 13.3. The Kier molecular flexibility index (Phi) is 3.71. The third-order valence-corrected chi connectivity index (χ3v) is 4.46. The molecule has 1 heterocycles. The van der Waals surface area contributed by atoms with E-state index < -0.39 is 0 Å². The summed E-state index contributed by atoms with van der Waals surface area (Å²) in [5, 5.41) is 0.921. The van der Waals surface area contributed by atoms with Crippen LogP contribution in [0.4, 0.5) is 0 Å². The molecule has 0 atom stereocenters. The van der Waals surface area contributed by atoms with Gasteiger partial charge in [-0.05, 0) is 53.3 Å². The molecule has 0 unspecified atom stereocenters. The highest BCUT2D eigenvalue weighted by Gasteiger charge is 2.15. The quantitative estimate of drug-likeness (QED) is 0.480. The first-order valence-corrected chi connectivity index (χ1v) is 7.56. The highest BCUT2D eigenvalue weighted by Crippen LogP contribution is 2.30. The maximum Gasteiger partial charge on any atom is 0.344 e. The molecule has 106 valence electrons. The third kappa shape index (κ3) is 2.44. The summed E-state index contributed by atoms with van der Waals surface area (Å²) in [5.41, 5.74) is 2.68. The van der Waals surface area contributed by atoms with Crippen LogP contribution in [-0.4, -0.2) is 7.11 Å². The largest absolute Gasteiger partial charge is 0.497 e. The van der Waals surface area contributed by atoms with Crippen molar-refractivity contribution in [2.24, 2.45) is 0 Å². The van der Waals surface area contributed by atoms with Crippen LogP contribution in [0.25, 0.3) is 22.1 Å². The molecule has 0 N–H and O–H groups in total. The van der Waals surface area contributed by atoms with E-state index in [1.807, 2.05) is 43.3 Å². The topological polar surface area (TPSA) is 39.4 Å². The number of hydrogen-bond donors (Lipinski definition) is 0. The van der Waals surface area contributed by atoms with Gasteiger partial charge in [0.2, 0.25) is 0 Å². The lowest BCUT2D eigenvalue weighted by Gasteiger charge is -2.10. The van der Waals surface area contributed by atoms with Crippen LogP contribution in [0.15, 0.2) is 51.7 Å². The first-order valence-electron chi connectivity index (χ1n) is 6.48. The van der Waals surface area contributed by atoms with Gasteiger partial charge in [0.15, 0.2) is 0 Å². The highest BCUT2D eigenvalue weighted by molar-refractivity contribution is 14.1. The van der Waals surface area contributed by atoms with Gasteiger partial charge < -0.3 is 9.15 Å². The van der Waals surface area contributed by atoms with Crippen molar-refractivity contribution in [3.05, 3.63) is 62.0 Å². The van der Waals surface area contributed by atoms with Gasteiger partial charge in [-0.25, -0.2) is 4.79 Å². The Morgan fingerprint density at radius 2 is 1.90 bits per heavy atom. The van der Waals surface area contributed by atoms with Crippen LogP contribution in [0.5, 0.6) is 5.75 Å². The highest BCUT2D eigenvalue weighted by atomic mass is 127. The fourth-order valence-electron chi connectivity index (χ4n) is 2.44. The number of ether oxygens (including phenoxy) is 1. The molecular formula is C17H13IO3. The molecule has 0 aliphatic heterocycles. The van der Waals surface area contributed by atoms with Crippen molar-refractivity contribution in [2.45, 2.75) is 6.92 Å². The molecule has 0 bridgehead atoms. The molecular weight excluding hydrogens is 379 g/mol. The van der Waals surface area contributed by atoms with Crippen molar-refractivity contribution in [1.29, 1.82) is 0 Å². The zero-order valence-electron chi connectivity index (χ0n) is 11.6. The predicted octanol–water partition coefficient (Wildman–Crippen LogP) is 4.38. The molecule has 0 aliphatic rings. The summed E-state index contributed by atoms with van der Waals surface area (Å²) in [4.78, 5) is 12.4. The van der Waals surface area contributed by atoms with Gasteiger partial charge in [0.25, 0.3) is 0 Å². The van der Waals surface area contributed by atoms with Crippen molar-refractivity contribution in [3.8, 4) is 16.9 Å². The number of aryl methyl sites for hydroxylation is 1. The maximum absolute atomic E-state index is 12.4. The van der Waals surface area contributed by atoms with Gasteiger partial charge in [-0.15, -0.1) is 0 Å². The summed E-state index contributed by atoms with van der Waals surface area (Å²) >= 11 is 2.23. The molecule has 1 aromatic heterocycles. The minimum absolute atomic E-state index is 0.322. The number of rotatable bonds is 2. The van der Waals surface area contributed by atoms with Crippen LogP contribution in [0.2, 0.25) is 0 Å². The Bertz CT molecular complexity index is 881. The second-order valence-electron chi connectivity index (χ2n) is 4.73. The van der Waals surface area contributed by atoms with Crippen LogP contribution in [0.3, 0.4) is 0 Å². The third-order valence-electron chi connectivity index (χ3n) is 3.52. The summed E-state index contributed by atoms with van der Waals surface area (Å²) in [6.45, 7) is 1.95. The van der Waals surface area contributed by atoms with Crippen molar-refractivity contribution < 1.29 is 9.15 Å². The Labute approximate surface area is 135 Å². The monoisotopic (exact) mass is 392 g/mol. The predicted molar refractivity (Wildman–Crippen MR) is 91.9 cm³/mol. The van der Waals surface area contributed by atoms with E-state index in [-0.39, 0.29) is 5.63 Å². The molecule has 0 radical (unpaired) electrons. The standard InChI is InChI=1S/C17H13IO3/c1-10-12-8-7-11(20-2)9-15(12)21-17(19)16(10)13-5-3-4-6-14(13)18/h3-9H,1-2H3. The van der Waals surface area contributed by atoms with Gasteiger partial charge in [0, 0.05) is 20.6 Å². The molecule has 0 fully saturated rings. The zero-order chi connectivity index (χ0) is 15.0. The molecule has 3 rings (SSSR count). The Morgan fingerprint density at radius 1 is 1.14 bits per heavy atom. The van der Waals surface area contributed by atoms with E-state index >= 15 is 0 Å². The molecule has 4 heteroatoms. The van der Waals surface area contributed by atoms with Gasteiger partial charge in [0.05, 0.1) is 12.7 Å². The van der Waals surface area contributed by atoms with E-state index in [0.29, 0.717) is 16.9 Å². The molecule has 2 aromatic carbocycles. The lowest BCUT2D eigenvalue weighted by molar-refractivity contribution is 0.414. The van der Waals surface area contributed by atoms with Crippen molar-refractivity contribution in [1.82, 2.24) is 0 Å². The van der Waals surface area contributed by atoms with E-state index in [4.69, 9.17) is 9.15 Å². The average molecular weight is 392 g/mol. The van der Waals surface area contributed by atoms with Crippen LogP contribution in [0.1, 0.15) is 5.56 Å². The van der Waals surface area contributed by atoms with Crippen LogP contribution < -0.4 is 10.4 Å². The minimum atomic E-state index is -0.322. The van der Waals surface area contributed by atoms with Gasteiger partial charge in [-0.2, -0.15) is 0 Å². The van der Waals surface area contributed by atoms with Crippen LogP contribution >= 0.6 is 22.6 Å². The van der Waals surface area contributed by atoms with Crippen molar-refractivity contribution in [3.63, 3.8) is 0 Å². The first-order chi connectivity index (χ1) is 10.1. The van der Waals surface area contributed by atoms with Gasteiger partial charge >= 0.3 is 5.63 Å². The van der Waals surface area contributed by atoms with Gasteiger partial charge in [0.1, 0.15) is 11.3 Å². The molecule has 3 nitrogen and oxygen atoms in total. The molecule has 0 amide bonds. The van der Waals surface area contributed by atoms with E-state index in [1.54, 1.807) is 13.2 Å². The summed E-state index contributed by atoms with van der Waals surface area (Å²) in [6.07, 6.45) is 0. The minimum Gasteiger partial charge on any atom is -0.497 e. The molecule has 0 aliphatic carbocycles. The number of methoxy groups -OCH3 is 1. The molecule has 21 heavy (non-hydrogen) atoms. The maximum atomic E-state index is 12.4. The van der Waals surface area contributed by atoms with Crippen molar-refractivity contribution >= 4 is 33.6 Å².